The van der Waals surface area contributed by atoms with E-state index in [1.807, 2.05) is 13.8 Å². The van der Waals surface area contributed by atoms with Gasteiger partial charge in [-0.2, -0.15) is 0 Å². The Morgan fingerprint density at radius 1 is 1.15 bits per heavy atom. The normalized spacial score (nSPS) is 11.6. The van der Waals surface area contributed by atoms with Crippen molar-refractivity contribution in [1.82, 2.24) is 0 Å². The maximum absolute atomic E-state index is 12.3. The second-order valence-electron chi connectivity index (χ2n) is 4.61. The summed E-state index contributed by atoms with van der Waals surface area (Å²) in [6, 6.07) is 4.99. The molecule has 1 aromatic carbocycles. The number of anilines is 1. The lowest BCUT2D eigenvalue weighted by molar-refractivity contribution is 0.473. The van der Waals surface area contributed by atoms with E-state index in [4.69, 9.17) is 0 Å². The van der Waals surface area contributed by atoms with Gasteiger partial charge in [0.15, 0.2) is 0 Å². The first-order valence-electron chi connectivity index (χ1n) is 5.79. The molecule has 20 heavy (non-hydrogen) atoms. The summed E-state index contributed by atoms with van der Waals surface area (Å²) in [4.78, 5) is 0. The van der Waals surface area contributed by atoms with Gasteiger partial charge in [-0.15, -0.1) is 11.3 Å². The number of rotatable bonds is 3. The van der Waals surface area contributed by atoms with E-state index in [0.29, 0.717) is 5.56 Å². The smallest absolute Gasteiger partial charge is 0.271 e. The van der Waals surface area contributed by atoms with Crippen molar-refractivity contribution in [1.29, 1.82) is 0 Å². The first-order chi connectivity index (χ1) is 9.20. The first-order valence-corrected chi connectivity index (χ1v) is 8.89. The van der Waals surface area contributed by atoms with Crippen LogP contribution < -0.4 is 4.72 Å². The summed E-state index contributed by atoms with van der Waals surface area (Å²) in [5.41, 5.74) is 2.57. The molecule has 0 aliphatic heterocycles. The van der Waals surface area contributed by atoms with Crippen LogP contribution in [0.4, 0.5) is 5.69 Å². The number of phenols is 1. The molecule has 0 saturated carbocycles. The quantitative estimate of drug-likeness (QED) is 0.798. The van der Waals surface area contributed by atoms with Gasteiger partial charge >= 0.3 is 0 Å². The summed E-state index contributed by atoms with van der Waals surface area (Å²) in [7, 11) is -3.69. The van der Waals surface area contributed by atoms with Gasteiger partial charge in [0.1, 0.15) is 9.96 Å². The fraction of sp³-hybridized carbons (Fsp3) is 0.231. The average Bonchev–Trinajstić information content (AvgIpc) is 2.66. The van der Waals surface area contributed by atoms with E-state index in [1.165, 1.54) is 0 Å². The molecule has 2 aromatic rings. The molecule has 1 heterocycles. The average molecular weight is 376 g/mol. The minimum Gasteiger partial charge on any atom is -0.505 e. The maximum Gasteiger partial charge on any atom is 0.271 e. The summed E-state index contributed by atoms with van der Waals surface area (Å²) >= 11 is 4.45. The van der Waals surface area contributed by atoms with Gasteiger partial charge in [-0.05, 0) is 65.5 Å². The third-order valence-electron chi connectivity index (χ3n) is 2.79. The number of nitrogens with one attached hydrogen (secondary N) is 1. The molecule has 0 spiro atoms. The molecule has 0 radical (unpaired) electrons. The lowest BCUT2D eigenvalue weighted by Crippen LogP contribution is -2.12. The van der Waals surface area contributed by atoms with Crippen molar-refractivity contribution >= 4 is 43.0 Å². The second-order valence-corrected chi connectivity index (χ2v) is 8.88. The third-order valence-corrected chi connectivity index (χ3v) is 6.76. The molecule has 0 saturated heterocycles. The van der Waals surface area contributed by atoms with Gasteiger partial charge in [0, 0.05) is 0 Å². The van der Waals surface area contributed by atoms with Crippen LogP contribution in [-0.2, 0) is 10.0 Å². The zero-order valence-corrected chi connectivity index (χ0v) is 14.4. The van der Waals surface area contributed by atoms with Crippen LogP contribution in [0, 0.1) is 20.8 Å². The van der Waals surface area contributed by atoms with Gasteiger partial charge in [0.2, 0.25) is 0 Å². The number of hydrogen-bond donors (Lipinski definition) is 2. The zero-order chi connectivity index (χ0) is 15.1. The summed E-state index contributed by atoms with van der Waals surface area (Å²) in [5, 5.41) is 9.96. The van der Waals surface area contributed by atoms with Crippen LogP contribution >= 0.6 is 27.3 Å². The largest absolute Gasteiger partial charge is 0.505 e. The van der Waals surface area contributed by atoms with Gasteiger partial charge in [-0.1, -0.05) is 6.07 Å². The number of benzene rings is 1. The highest BCUT2D eigenvalue weighted by molar-refractivity contribution is 9.11. The van der Waals surface area contributed by atoms with E-state index in [1.54, 1.807) is 25.1 Å². The summed E-state index contributed by atoms with van der Waals surface area (Å²) in [6.07, 6.45) is 0. The molecule has 0 amide bonds. The van der Waals surface area contributed by atoms with Gasteiger partial charge in [-0.25, -0.2) is 8.42 Å². The number of aryl methyl sites for hydroxylation is 3. The van der Waals surface area contributed by atoms with E-state index in [0.717, 1.165) is 26.3 Å². The molecule has 0 aliphatic carbocycles. The highest BCUT2D eigenvalue weighted by Gasteiger charge is 2.20. The Bertz CT molecular complexity index is 747. The van der Waals surface area contributed by atoms with Crippen LogP contribution in [0.2, 0.25) is 0 Å². The Kier molecular flexibility index (Phi) is 4.13. The lowest BCUT2D eigenvalue weighted by Gasteiger charge is -2.11. The Hall–Kier alpha value is -1.05. The number of aromatic hydroxyl groups is 1. The van der Waals surface area contributed by atoms with Gasteiger partial charge < -0.3 is 5.11 Å². The predicted molar refractivity (Wildman–Crippen MR) is 85.1 cm³/mol. The monoisotopic (exact) mass is 375 g/mol. The van der Waals surface area contributed by atoms with Gasteiger partial charge in [-0.3, -0.25) is 4.72 Å². The molecular formula is C13H14BrNO3S2. The molecule has 4 nitrogen and oxygen atoms in total. The molecule has 0 unspecified atom stereocenters. The molecule has 1 aromatic heterocycles. The van der Waals surface area contributed by atoms with E-state index in [9.17, 15) is 13.5 Å². The van der Waals surface area contributed by atoms with E-state index in [2.05, 4.69) is 20.7 Å². The number of hydrogen-bond acceptors (Lipinski definition) is 4. The molecule has 0 atom stereocenters. The van der Waals surface area contributed by atoms with Crippen molar-refractivity contribution in [2.75, 3.05) is 4.72 Å². The lowest BCUT2D eigenvalue weighted by atomic mass is 10.1. The van der Waals surface area contributed by atoms with E-state index >= 15 is 0 Å². The molecule has 0 aliphatic rings. The Balaban J connectivity index is 2.43. The fourth-order valence-corrected chi connectivity index (χ4v) is 5.08. The number of sulfonamides is 1. The standard InChI is InChI=1S/C13H14BrNO3S2/c1-7-4-8(2)12(16)10(5-7)15-20(17,18)11-6-9(3)13(14)19-11/h4-6,15-16H,1-3H3. The van der Waals surface area contributed by atoms with Gasteiger partial charge in [0.05, 0.1) is 9.47 Å². The molecule has 0 fully saturated rings. The highest BCUT2D eigenvalue weighted by atomic mass is 79.9. The van der Waals surface area contributed by atoms with Crippen molar-refractivity contribution in [3.63, 3.8) is 0 Å². The van der Waals surface area contributed by atoms with Crippen LogP contribution in [0.1, 0.15) is 16.7 Å². The van der Waals surface area contributed by atoms with Crippen LogP contribution in [0.25, 0.3) is 0 Å². The van der Waals surface area contributed by atoms with Crippen LogP contribution in [0.3, 0.4) is 0 Å². The van der Waals surface area contributed by atoms with E-state index in [-0.39, 0.29) is 15.6 Å². The molecule has 2 N–H and O–H groups in total. The minimum atomic E-state index is -3.69. The fourth-order valence-electron chi connectivity index (χ4n) is 1.80. The molecule has 7 heteroatoms. The highest BCUT2D eigenvalue weighted by Crippen LogP contribution is 2.34. The zero-order valence-electron chi connectivity index (χ0n) is 11.2. The molecule has 108 valence electrons. The van der Waals surface area contributed by atoms with Gasteiger partial charge in [0.25, 0.3) is 10.0 Å². The first kappa shape index (κ1) is 15.3. The number of halogens is 1. The molecular weight excluding hydrogens is 362 g/mol. The van der Waals surface area contributed by atoms with Crippen molar-refractivity contribution in [2.24, 2.45) is 0 Å². The topological polar surface area (TPSA) is 66.4 Å². The number of thiophene rings is 1. The van der Waals surface area contributed by atoms with Crippen LogP contribution in [-0.4, -0.2) is 13.5 Å². The summed E-state index contributed by atoms with van der Waals surface area (Å²) in [6.45, 7) is 5.40. The second kappa shape index (κ2) is 5.38. The third kappa shape index (κ3) is 2.99. The van der Waals surface area contributed by atoms with Crippen molar-refractivity contribution in [2.45, 2.75) is 25.0 Å². The Morgan fingerprint density at radius 2 is 1.80 bits per heavy atom. The summed E-state index contributed by atoms with van der Waals surface area (Å²) in [5.74, 6) is -0.0495. The maximum atomic E-state index is 12.3. The number of phenolic OH excluding ortho intramolecular Hbond substituents is 1. The molecule has 2 rings (SSSR count). The summed E-state index contributed by atoms with van der Waals surface area (Å²) < 4.78 is 28.0. The van der Waals surface area contributed by atoms with Crippen molar-refractivity contribution in [3.8, 4) is 5.75 Å². The minimum absolute atomic E-state index is 0.0495. The SMILES string of the molecule is Cc1cc(C)c(O)c(NS(=O)(=O)c2cc(C)c(Br)s2)c1. The van der Waals surface area contributed by atoms with Crippen LogP contribution in [0.5, 0.6) is 5.75 Å². The Morgan fingerprint density at radius 3 is 2.35 bits per heavy atom. The molecule has 0 bridgehead atoms. The van der Waals surface area contributed by atoms with Crippen molar-refractivity contribution < 1.29 is 13.5 Å². The van der Waals surface area contributed by atoms with E-state index < -0.39 is 10.0 Å². The predicted octanol–water partition coefficient (Wildman–Crippen LogP) is 3.94. The van der Waals surface area contributed by atoms with Crippen LogP contribution in [0.15, 0.2) is 26.2 Å². The van der Waals surface area contributed by atoms with Crippen molar-refractivity contribution in [3.05, 3.63) is 38.7 Å². The Labute approximate surface area is 130 Å².